The minimum Gasteiger partial charge on any atom is -0.316 e. The van der Waals surface area contributed by atoms with Gasteiger partial charge >= 0.3 is 6.18 Å². The van der Waals surface area contributed by atoms with Gasteiger partial charge in [-0.25, -0.2) is 0 Å². The topological polar surface area (TPSA) is 15.3 Å². The van der Waals surface area contributed by atoms with Gasteiger partial charge in [-0.15, -0.1) is 0 Å². The minimum atomic E-state index is -4.10. The van der Waals surface area contributed by atoms with Gasteiger partial charge < -0.3 is 5.32 Å². The first kappa shape index (κ1) is 17.8. The van der Waals surface area contributed by atoms with Crippen molar-refractivity contribution in [1.29, 1.82) is 0 Å². The van der Waals surface area contributed by atoms with E-state index in [9.17, 15) is 13.2 Å². The van der Waals surface area contributed by atoms with Gasteiger partial charge in [0.05, 0.1) is 6.54 Å². The number of halogens is 3. The van der Waals surface area contributed by atoms with Crippen LogP contribution in [-0.4, -0.2) is 43.8 Å². The molecule has 1 aliphatic rings. The molecule has 0 radical (unpaired) electrons. The molecule has 0 aliphatic heterocycles. The van der Waals surface area contributed by atoms with E-state index in [1.807, 2.05) is 14.0 Å². The predicted octanol–water partition coefficient (Wildman–Crippen LogP) is 3.68. The summed E-state index contributed by atoms with van der Waals surface area (Å²) in [5.74, 6) is 0.303. The molecular weight excluding hydrogens is 265 g/mol. The molecule has 1 aliphatic carbocycles. The van der Waals surface area contributed by atoms with Crippen molar-refractivity contribution in [1.82, 2.24) is 10.2 Å². The van der Waals surface area contributed by atoms with Crippen LogP contribution in [0.4, 0.5) is 13.2 Å². The average Bonchev–Trinajstić information content (AvgIpc) is 2.26. The Labute approximate surface area is 121 Å². The fraction of sp³-hybridized carbons (Fsp3) is 1.00. The lowest BCUT2D eigenvalue weighted by Crippen LogP contribution is -2.52. The Kier molecular flexibility index (Phi) is 6.32. The maximum absolute atomic E-state index is 12.7. The van der Waals surface area contributed by atoms with E-state index in [1.165, 1.54) is 0 Å². The van der Waals surface area contributed by atoms with Gasteiger partial charge in [0.1, 0.15) is 0 Å². The van der Waals surface area contributed by atoms with Crippen LogP contribution in [0.25, 0.3) is 0 Å². The van der Waals surface area contributed by atoms with Crippen molar-refractivity contribution in [3.8, 4) is 0 Å². The number of nitrogens with one attached hydrogen (secondary N) is 1. The maximum atomic E-state index is 12.7. The number of hydrogen-bond acceptors (Lipinski definition) is 2. The molecule has 2 nitrogen and oxygen atoms in total. The number of alkyl halides is 3. The Morgan fingerprint density at radius 3 is 2.45 bits per heavy atom. The van der Waals surface area contributed by atoms with Gasteiger partial charge in [-0.3, -0.25) is 4.90 Å². The fourth-order valence-electron chi connectivity index (χ4n) is 3.74. The van der Waals surface area contributed by atoms with E-state index >= 15 is 0 Å². The molecule has 1 rings (SSSR count). The van der Waals surface area contributed by atoms with Gasteiger partial charge in [0.15, 0.2) is 0 Å². The van der Waals surface area contributed by atoms with E-state index < -0.39 is 12.7 Å². The van der Waals surface area contributed by atoms with Crippen molar-refractivity contribution in [3.05, 3.63) is 0 Å². The SMILES string of the molecule is CCCN(CC1CCCC(C)(C)C1NC)CC(F)(F)F. The summed E-state index contributed by atoms with van der Waals surface area (Å²) < 4.78 is 38.0. The summed E-state index contributed by atoms with van der Waals surface area (Å²) in [5, 5.41) is 3.35. The fourth-order valence-corrected chi connectivity index (χ4v) is 3.74. The highest BCUT2D eigenvalue weighted by molar-refractivity contribution is 4.93. The molecule has 1 saturated carbocycles. The van der Waals surface area contributed by atoms with Crippen LogP contribution in [0, 0.1) is 11.3 Å². The third kappa shape index (κ3) is 5.24. The van der Waals surface area contributed by atoms with Crippen molar-refractivity contribution in [3.63, 3.8) is 0 Å². The van der Waals surface area contributed by atoms with Crippen LogP contribution in [-0.2, 0) is 0 Å². The molecule has 0 saturated heterocycles. The van der Waals surface area contributed by atoms with Crippen LogP contribution in [0.1, 0.15) is 46.5 Å². The third-order valence-electron chi connectivity index (χ3n) is 4.46. The molecule has 0 spiro atoms. The van der Waals surface area contributed by atoms with Crippen molar-refractivity contribution in [2.45, 2.75) is 58.7 Å². The lowest BCUT2D eigenvalue weighted by molar-refractivity contribution is -0.148. The molecule has 120 valence electrons. The Hall–Kier alpha value is -0.290. The van der Waals surface area contributed by atoms with Crippen LogP contribution in [0.15, 0.2) is 0 Å². The molecule has 20 heavy (non-hydrogen) atoms. The average molecular weight is 294 g/mol. The highest BCUT2D eigenvalue weighted by Crippen LogP contribution is 2.39. The Morgan fingerprint density at radius 1 is 1.30 bits per heavy atom. The quantitative estimate of drug-likeness (QED) is 0.804. The monoisotopic (exact) mass is 294 g/mol. The second-order valence-electron chi connectivity index (χ2n) is 6.76. The van der Waals surface area contributed by atoms with Crippen molar-refractivity contribution in [2.75, 3.05) is 26.7 Å². The van der Waals surface area contributed by atoms with Crippen molar-refractivity contribution >= 4 is 0 Å². The maximum Gasteiger partial charge on any atom is 0.401 e. The molecule has 0 heterocycles. The second kappa shape index (κ2) is 7.12. The highest BCUT2D eigenvalue weighted by atomic mass is 19.4. The first-order valence-electron chi connectivity index (χ1n) is 7.66. The molecule has 0 aromatic heterocycles. The van der Waals surface area contributed by atoms with Gasteiger partial charge in [0.2, 0.25) is 0 Å². The number of nitrogens with zero attached hydrogens (tertiary/aromatic N) is 1. The van der Waals surface area contributed by atoms with Gasteiger partial charge in [-0.1, -0.05) is 27.2 Å². The molecular formula is C15H29F3N2. The first-order valence-corrected chi connectivity index (χ1v) is 7.66. The van der Waals surface area contributed by atoms with Crippen LogP contribution in [0.2, 0.25) is 0 Å². The Morgan fingerprint density at radius 2 is 1.95 bits per heavy atom. The zero-order valence-corrected chi connectivity index (χ0v) is 13.2. The highest BCUT2D eigenvalue weighted by Gasteiger charge is 2.39. The summed E-state index contributed by atoms with van der Waals surface area (Å²) >= 11 is 0. The van der Waals surface area contributed by atoms with E-state index in [-0.39, 0.29) is 5.41 Å². The standard InChI is InChI=1S/C15H29F3N2/c1-5-9-20(11-15(16,17)18)10-12-7-6-8-14(2,3)13(12)19-4/h12-13,19H,5-11H2,1-4H3. The molecule has 2 unspecified atom stereocenters. The summed E-state index contributed by atoms with van der Waals surface area (Å²) in [6.07, 6.45) is -0.0677. The van der Waals surface area contributed by atoms with Crippen molar-refractivity contribution < 1.29 is 13.2 Å². The number of hydrogen-bond donors (Lipinski definition) is 1. The van der Waals surface area contributed by atoms with E-state index in [2.05, 4.69) is 19.2 Å². The molecule has 1 N–H and O–H groups in total. The molecule has 5 heteroatoms. The summed E-state index contributed by atoms with van der Waals surface area (Å²) in [7, 11) is 1.93. The predicted molar refractivity (Wildman–Crippen MR) is 76.8 cm³/mol. The number of rotatable bonds is 6. The van der Waals surface area contributed by atoms with Crippen molar-refractivity contribution in [2.24, 2.45) is 11.3 Å². The molecule has 2 atom stereocenters. The van der Waals surface area contributed by atoms with E-state index in [0.717, 1.165) is 25.7 Å². The molecule has 0 aromatic rings. The van der Waals surface area contributed by atoms with Gasteiger partial charge in [-0.05, 0) is 44.2 Å². The summed E-state index contributed by atoms with van der Waals surface area (Å²) in [4.78, 5) is 1.58. The minimum absolute atomic E-state index is 0.160. The Balaban J connectivity index is 2.70. The van der Waals surface area contributed by atoms with E-state index in [0.29, 0.717) is 25.0 Å². The molecule has 0 amide bonds. The zero-order valence-electron chi connectivity index (χ0n) is 13.2. The molecule has 0 aromatic carbocycles. The van der Waals surface area contributed by atoms with Gasteiger partial charge in [0.25, 0.3) is 0 Å². The van der Waals surface area contributed by atoms with E-state index in [1.54, 1.807) is 4.90 Å². The smallest absolute Gasteiger partial charge is 0.316 e. The second-order valence-corrected chi connectivity index (χ2v) is 6.76. The lowest BCUT2D eigenvalue weighted by Gasteiger charge is -2.45. The first-order chi connectivity index (χ1) is 9.19. The van der Waals surface area contributed by atoms with Gasteiger partial charge in [-0.2, -0.15) is 13.2 Å². The summed E-state index contributed by atoms with van der Waals surface area (Å²) in [6, 6.07) is 0.295. The third-order valence-corrected chi connectivity index (χ3v) is 4.46. The summed E-state index contributed by atoms with van der Waals surface area (Å²) in [5.41, 5.74) is 0.160. The zero-order chi connectivity index (χ0) is 15.4. The normalized spacial score (nSPS) is 27.0. The summed E-state index contributed by atoms with van der Waals surface area (Å²) in [6.45, 7) is 6.65. The van der Waals surface area contributed by atoms with Crippen LogP contribution in [0.3, 0.4) is 0 Å². The van der Waals surface area contributed by atoms with Crippen LogP contribution >= 0.6 is 0 Å². The van der Waals surface area contributed by atoms with E-state index in [4.69, 9.17) is 0 Å². The van der Waals surface area contributed by atoms with Crippen LogP contribution in [0.5, 0.6) is 0 Å². The molecule has 1 fully saturated rings. The largest absolute Gasteiger partial charge is 0.401 e. The van der Waals surface area contributed by atoms with Gasteiger partial charge in [0, 0.05) is 12.6 Å². The molecule has 0 bridgehead atoms. The Bertz CT molecular complexity index is 289. The van der Waals surface area contributed by atoms with Crippen LogP contribution < -0.4 is 5.32 Å². The lowest BCUT2D eigenvalue weighted by atomic mass is 9.68.